The predicted octanol–water partition coefficient (Wildman–Crippen LogP) is 0.496. The summed E-state index contributed by atoms with van der Waals surface area (Å²) in [5.41, 5.74) is 4.52. The molecule has 2 amide bonds. The van der Waals surface area contributed by atoms with Gasteiger partial charge in [-0.1, -0.05) is 20.8 Å². The summed E-state index contributed by atoms with van der Waals surface area (Å²) < 4.78 is 0. The van der Waals surface area contributed by atoms with Crippen molar-refractivity contribution in [3.05, 3.63) is 24.3 Å². The summed E-state index contributed by atoms with van der Waals surface area (Å²) in [6.45, 7) is 5.48. The van der Waals surface area contributed by atoms with E-state index in [4.69, 9.17) is 5.73 Å². The number of nitrogens with two attached hydrogens (primary N) is 1. The lowest BCUT2D eigenvalue weighted by atomic mass is 9.83. The van der Waals surface area contributed by atoms with E-state index in [1.165, 1.54) is 18.6 Å². The minimum Gasteiger partial charge on any atom is -0.368 e. The Balaban J connectivity index is 2.99. The smallest absolute Gasteiger partial charge is 0.272 e. The maximum atomic E-state index is 12.0. The molecule has 0 fully saturated rings. The van der Waals surface area contributed by atoms with Crippen LogP contribution in [0.3, 0.4) is 0 Å². The van der Waals surface area contributed by atoms with Crippen molar-refractivity contribution in [2.45, 2.75) is 32.7 Å². The number of hydrogen-bond donors (Lipinski definition) is 2. The molecule has 18 heavy (non-hydrogen) atoms. The molecule has 0 aliphatic carbocycles. The number of hydrogen-bond acceptors (Lipinski definition) is 4. The molecule has 0 aliphatic rings. The van der Waals surface area contributed by atoms with Crippen LogP contribution in [0.5, 0.6) is 0 Å². The van der Waals surface area contributed by atoms with Crippen LogP contribution in [0.2, 0.25) is 0 Å². The maximum absolute atomic E-state index is 12.0. The zero-order chi connectivity index (χ0) is 13.8. The number of amides is 2. The average Bonchev–Trinajstić information content (AvgIpc) is 2.36. The third kappa shape index (κ3) is 2.64. The highest BCUT2D eigenvalue weighted by Gasteiger charge is 2.40. The van der Waals surface area contributed by atoms with E-state index in [-0.39, 0.29) is 11.6 Å². The first-order valence-electron chi connectivity index (χ1n) is 5.82. The highest BCUT2D eigenvalue weighted by Crippen LogP contribution is 2.21. The van der Waals surface area contributed by atoms with E-state index in [2.05, 4.69) is 15.3 Å². The molecule has 6 nitrogen and oxygen atoms in total. The Morgan fingerprint density at radius 3 is 2.50 bits per heavy atom. The Bertz CT molecular complexity index is 433. The summed E-state index contributed by atoms with van der Waals surface area (Å²) in [7, 11) is 0. The van der Waals surface area contributed by atoms with Gasteiger partial charge >= 0.3 is 0 Å². The van der Waals surface area contributed by atoms with Gasteiger partial charge in [-0.3, -0.25) is 14.6 Å². The standard InChI is InChI=1S/C12H18N4O2/c1-4-12(8(2)3,11(13)18)16-10(17)9-7-14-5-6-15-9/h5-8H,4H2,1-3H3,(H2,13,18)(H,16,17)/t12-/m0/s1. The normalized spacial score (nSPS) is 14.0. The van der Waals surface area contributed by atoms with Gasteiger partial charge in [0.1, 0.15) is 11.2 Å². The second-order valence-corrected chi connectivity index (χ2v) is 4.39. The van der Waals surface area contributed by atoms with Crippen LogP contribution in [0, 0.1) is 5.92 Å². The van der Waals surface area contributed by atoms with Crippen LogP contribution in [0.15, 0.2) is 18.6 Å². The molecule has 3 N–H and O–H groups in total. The van der Waals surface area contributed by atoms with E-state index < -0.39 is 17.4 Å². The molecule has 1 heterocycles. The van der Waals surface area contributed by atoms with Crippen LogP contribution in [-0.2, 0) is 4.79 Å². The molecular weight excluding hydrogens is 232 g/mol. The van der Waals surface area contributed by atoms with Crippen molar-refractivity contribution in [2.75, 3.05) is 0 Å². The van der Waals surface area contributed by atoms with E-state index in [1.54, 1.807) is 0 Å². The molecule has 0 saturated carbocycles. The van der Waals surface area contributed by atoms with Crippen LogP contribution in [0.25, 0.3) is 0 Å². The van der Waals surface area contributed by atoms with Crippen molar-refractivity contribution in [2.24, 2.45) is 11.7 Å². The van der Waals surface area contributed by atoms with Gasteiger partial charge in [0.15, 0.2) is 0 Å². The first-order valence-corrected chi connectivity index (χ1v) is 5.82. The van der Waals surface area contributed by atoms with Crippen LogP contribution in [-0.4, -0.2) is 27.3 Å². The van der Waals surface area contributed by atoms with Crippen molar-refractivity contribution >= 4 is 11.8 Å². The number of primary amides is 1. The number of rotatable bonds is 5. The zero-order valence-electron chi connectivity index (χ0n) is 10.8. The Hall–Kier alpha value is -1.98. The van der Waals surface area contributed by atoms with Gasteiger partial charge in [0.05, 0.1) is 6.20 Å². The highest BCUT2D eigenvalue weighted by atomic mass is 16.2. The largest absolute Gasteiger partial charge is 0.368 e. The van der Waals surface area contributed by atoms with Crippen LogP contribution < -0.4 is 11.1 Å². The highest BCUT2D eigenvalue weighted by molar-refractivity contribution is 5.97. The number of nitrogens with zero attached hydrogens (tertiary/aromatic N) is 2. The lowest BCUT2D eigenvalue weighted by Gasteiger charge is -2.34. The molecule has 1 aromatic rings. The summed E-state index contributed by atoms with van der Waals surface area (Å²) >= 11 is 0. The van der Waals surface area contributed by atoms with E-state index in [0.717, 1.165) is 0 Å². The van der Waals surface area contributed by atoms with Crippen LogP contribution in [0.1, 0.15) is 37.7 Å². The Morgan fingerprint density at radius 2 is 2.11 bits per heavy atom. The first kappa shape index (κ1) is 14.1. The van der Waals surface area contributed by atoms with Gasteiger partial charge in [0.2, 0.25) is 5.91 Å². The van der Waals surface area contributed by atoms with Crippen LogP contribution in [0.4, 0.5) is 0 Å². The predicted molar refractivity (Wildman–Crippen MR) is 66.6 cm³/mol. The molecule has 0 saturated heterocycles. The van der Waals surface area contributed by atoms with E-state index >= 15 is 0 Å². The topological polar surface area (TPSA) is 98.0 Å². The first-order chi connectivity index (χ1) is 8.44. The van der Waals surface area contributed by atoms with Gasteiger partial charge < -0.3 is 11.1 Å². The minimum atomic E-state index is -1.06. The molecule has 0 aromatic carbocycles. The van der Waals surface area contributed by atoms with Crippen molar-refractivity contribution in [1.82, 2.24) is 15.3 Å². The average molecular weight is 250 g/mol. The van der Waals surface area contributed by atoms with Crippen molar-refractivity contribution in [3.8, 4) is 0 Å². The van der Waals surface area contributed by atoms with Gasteiger partial charge in [-0.05, 0) is 12.3 Å². The molecule has 98 valence electrons. The molecule has 0 unspecified atom stereocenters. The molecule has 1 aromatic heterocycles. The van der Waals surface area contributed by atoms with Crippen molar-refractivity contribution in [1.29, 1.82) is 0 Å². The van der Waals surface area contributed by atoms with Crippen LogP contribution >= 0.6 is 0 Å². The summed E-state index contributed by atoms with van der Waals surface area (Å²) in [5.74, 6) is -1.10. The van der Waals surface area contributed by atoms with Gasteiger partial charge in [-0.2, -0.15) is 0 Å². The lowest BCUT2D eigenvalue weighted by Crippen LogP contribution is -2.60. The molecule has 0 spiro atoms. The van der Waals surface area contributed by atoms with E-state index in [1.807, 2.05) is 20.8 Å². The number of carbonyl (C=O) groups is 2. The number of nitrogens with one attached hydrogen (secondary N) is 1. The number of carbonyl (C=O) groups excluding carboxylic acids is 2. The molecule has 0 bridgehead atoms. The molecule has 1 atom stereocenters. The van der Waals surface area contributed by atoms with Gasteiger partial charge in [-0.25, -0.2) is 4.98 Å². The van der Waals surface area contributed by atoms with Gasteiger partial charge in [-0.15, -0.1) is 0 Å². The maximum Gasteiger partial charge on any atom is 0.272 e. The summed E-state index contributed by atoms with van der Waals surface area (Å²) in [5, 5.41) is 2.68. The van der Waals surface area contributed by atoms with Crippen molar-refractivity contribution in [3.63, 3.8) is 0 Å². The fraction of sp³-hybridized carbons (Fsp3) is 0.500. The second-order valence-electron chi connectivity index (χ2n) is 4.39. The Morgan fingerprint density at radius 1 is 1.44 bits per heavy atom. The minimum absolute atomic E-state index is 0.111. The Labute approximate surface area is 106 Å². The molecule has 0 radical (unpaired) electrons. The van der Waals surface area contributed by atoms with E-state index in [0.29, 0.717) is 6.42 Å². The van der Waals surface area contributed by atoms with Gasteiger partial charge in [0, 0.05) is 12.4 Å². The van der Waals surface area contributed by atoms with Gasteiger partial charge in [0.25, 0.3) is 5.91 Å². The molecule has 0 aliphatic heterocycles. The monoisotopic (exact) mass is 250 g/mol. The Kier molecular flexibility index (Phi) is 4.36. The number of aromatic nitrogens is 2. The molecule has 6 heteroatoms. The third-order valence-electron chi connectivity index (χ3n) is 3.12. The van der Waals surface area contributed by atoms with E-state index in [9.17, 15) is 9.59 Å². The summed E-state index contributed by atoms with van der Waals surface area (Å²) in [6, 6.07) is 0. The second kappa shape index (κ2) is 5.57. The molecule has 1 rings (SSSR count). The zero-order valence-corrected chi connectivity index (χ0v) is 10.8. The summed E-state index contributed by atoms with van der Waals surface area (Å²) in [4.78, 5) is 31.3. The fourth-order valence-electron chi connectivity index (χ4n) is 1.84. The summed E-state index contributed by atoms with van der Waals surface area (Å²) in [6.07, 6.45) is 4.66. The van der Waals surface area contributed by atoms with Crippen molar-refractivity contribution < 1.29 is 9.59 Å². The lowest BCUT2D eigenvalue weighted by molar-refractivity contribution is -0.126. The molecular formula is C12H18N4O2. The third-order valence-corrected chi connectivity index (χ3v) is 3.12. The SMILES string of the molecule is CC[C@@](NC(=O)c1cnccn1)(C(N)=O)C(C)C. The quantitative estimate of drug-likeness (QED) is 0.794. The fourth-order valence-corrected chi connectivity index (χ4v) is 1.84.